The summed E-state index contributed by atoms with van der Waals surface area (Å²) in [6.07, 6.45) is 2.33. The molecule has 0 unspecified atom stereocenters. The molecule has 0 atom stereocenters. The van der Waals surface area contributed by atoms with Crippen molar-refractivity contribution in [3.8, 4) is 0 Å². The van der Waals surface area contributed by atoms with Gasteiger partial charge in [-0.25, -0.2) is 5.01 Å². The standard InChI is InChI=1S/C4H8N4/c5-6-7-8-3-1-2-4-8/h1-4H2. The van der Waals surface area contributed by atoms with E-state index in [9.17, 15) is 0 Å². The summed E-state index contributed by atoms with van der Waals surface area (Å²) in [5.74, 6) is 0. The Labute approximate surface area is 47.7 Å². The summed E-state index contributed by atoms with van der Waals surface area (Å²) in [7, 11) is 0. The van der Waals surface area contributed by atoms with Crippen LogP contribution in [0.3, 0.4) is 0 Å². The van der Waals surface area contributed by atoms with Gasteiger partial charge in [-0.1, -0.05) is 0 Å². The highest BCUT2D eigenvalue weighted by Crippen LogP contribution is 2.06. The van der Waals surface area contributed by atoms with Gasteiger partial charge in [0.2, 0.25) is 0 Å². The fourth-order valence-electron chi connectivity index (χ4n) is 0.846. The van der Waals surface area contributed by atoms with Crippen LogP contribution >= 0.6 is 0 Å². The smallest absolute Gasteiger partial charge is 0.0886 e. The second-order valence-electron chi connectivity index (χ2n) is 1.84. The first-order valence-electron chi connectivity index (χ1n) is 2.73. The first-order chi connectivity index (χ1) is 3.93. The second-order valence-corrected chi connectivity index (χ2v) is 1.84. The Morgan fingerprint density at radius 3 is 2.50 bits per heavy atom. The maximum atomic E-state index is 7.94. The molecule has 4 heteroatoms. The van der Waals surface area contributed by atoms with Crippen molar-refractivity contribution in [2.45, 2.75) is 12.8 Å². The van der Waals surface area contributed by atoms with Crippen molar-refractivity contribution in [2.75, 3.05) is 13.1 Å². The fraction of sp³-hybridized carbons (Fsp3) is 1.00. The van der Waals surface area contributed by atoms with Gasteiger partial charge in [-0.15, -0.1) is 5.53 Å². The van der Waals surface area contributed by atoms with Crippen molar-refractivity contribution in [1.82, 2.24) is 5.01 Å². The first kappa shape index (κ1) is 5.25. The molecule has 0 saturated carbocycles. The van der Waals surface area contributed by atoms with Crippen LogP contribution in [-0.2, 0) is 0 Å². The Kier molecular flexibility index (Phi) is 1.59. The van der Waals surface area contributed by atoms with Crippen molar-refractivity contribution in [1.29, 1.82) is 0 Å². The molecular weight excluding hydrogens is 104 g/mol. The summed E-state index contributed by atoms with van der Waals surface area (Å²) in [5, 5.41) is 5.19. The van der Waals surface area contributed by atoms with E-state index in [1.807, 2.05) is 0 Å². The molecule has 0 spiro atoms. The van der Waals surface area contributed by atoms with Crippen LogP contribution < -0.4 is 0 Å². The SMILES string of the molecule is [N-]=[N+]=NN1CCCC1. The van der Waals surface area contributed by atoms with E-state index < -0.39 is 0 Å². The quantitative estimate of drug-likeness (QED) is 0.286. The minimum atomic E-state index is 0.935. The van der Waals surface area contributed by atoms with Crippen LogP contribution in [-0.4, -0.2) is 18.1 Å². The number of rotatable bonds is 1. The lowest BCUT2D eigenvalue weighted by molar-refractivity contribution is 0.353. The Bertz CT molecular complexity index is 109. The molecule has 1 aliphatic heterocycles. The molecule has 0 aliphatic carbocycles. The molecular formula is C4H8N4. The van der Waals surface area contributed by atoms with Crippen molar-refractivity contribution in [3.63, 3.8) is 0 Å². The van der Waals surface area contributed by atoms with Gasteiger partial charge < -0.3 is 0 Å². The molecule has 0 aromatic carbocycles. The number of hydrogen-bond donors (Lipinski definition) is 0. The molecule has 0 N–H and O–H groups in total. The number of nitrogens with zero attached hydrogens (tertiary/aromatic N) is 4. The van der Waals surface area contributed by atoms with Gasteiger partial charge >= 0.3 is 0 Å². The second kappa shape index (κ2) is 2.43. The van der Waals surface area contributed by atoms with Crippen molar-refractivity contribution >= 4 is 0 Å². The van der Waals surface area contributed by atoms with E-state index in [1.54, 1.807) is 5.01 Å². The minimum Gasteiger partial charge on any atom is -0.248 e. The zero-order valence-electron chi connectivity index (χ0n) is 4.62. The van der Waals surface area contributed by atoms with Crippen LogP contribution in [0.25, 0.3) is 10.4 Å². The third-order valence-electron chi connectivity index (χ3n) is 1.25. The molecule has 0 aromatic heterocycles. The average molecular weight is 112 g/mol. The molecule has 1 heterocycles. The third kappa shape index (κ3) is 1.04. The Morgan fingerprint density at radius 2 is 2.00 bits per heavy atom. The summed E-state index contributed by atoms with van der Waals surface area (Å²) in [6, 6.07) is 0. The topological polar surface area (TPSA) is 52.0 Å². The fourth-order valence-corrected chi connectivity index (χ4v) is 0.846. The van der Waals surface area contributed by atoms with Gasteiger partial charge in [0.25, 0.3) is 0 Å². The zero-order chi connectivity index (χ0) is 5.82. The summed E-state index contributed by atoms with van der Waals surface area (Å²) in [6.45, 7) is 1.87. The third-order valence-corrected chi connectivity index (χ3v) is 1.25. The van der Waals surface area contributed by atoms with Gasteiger partial charge in [0.05, 0.1) is 13.1 Å². The van der Waals surface area contributed by atoms with E-state index >= 15 is 0 Å². The molecule has 1 rings (SSSR count). The Balaban J connectivity index is 2.35. The summed E-state index contributed by atoms with van der Waals surface area (Å²) in [5.41, 5.74) is 7.94. The highest BCUT2D eigenvalue weighted by Gasteiger charge is 2.10. The molecule has 0 aromatic rings. The molecule has 1 saturated heterocycles. The molecule has 0 radical (unpaired) electrons. The Morgan fingerprint density at radius 1 is 1.38 bits per heavy atom. The van der Waals surface area contributed by atoms with Crippen LogP contribution in [0.1, 0.15) is 12.8 Å². The van der Waals surface area contributed by atoms with Crippen LogP contribution in [0.2, 0.25) is 0 Å². The van der Waals surface area contributed by atoms with Gasteiger partial charge in [-0.2, -0.15) is 4.91 Å². The Hall–Kier alpha value is -0.890. The molecule has 44 valence electrons. The maximum absolute atomic E-state index is 7.94. The predicted octanol–water partition coefficient (Wildman–Crippen LogP) is 1.31. The lowest BCUT2D eigenvalue weighted by Crippen LogP contribution is -2.08. The van der Waals surface area contributed by atoms with Crippen molar-refractivity contribution in [3.05, 3.63) is 10.4 Å². The molecule has 1 fully saturated rings. The largest absolute Gasteiger partial charge is 0.248 e. The summed E-state index contributed by atoms with van der Waals surface area (Å²) in [4.78, 5) is 2.67. The highest BCUT2D eigenvalue weighted by atomic mass is 15.5. The van der Waals surface area contributed by atoms with Gasteiger partial charge in [0.15, 0.2) is 0 Å². The van der Waals surface area contributed by atoms with E-state index in [4.69, 9.17) is 5.53 Å². The number of azide groups is 1. The number of hydrogen-bond acceptors (Lipinski definition) is 1. The maximum Gasteiger partial charge on any atom is 0.0886 e. The lowest BCUT2D eigenvalue weighted by Gasteiger charge is -1.99. The molecule has 1 aliphatic rings. The van der Waals surface area contributed by atoms with Crippen LogP contribution in [0, 0.1) is 0 Å². The minimum absolute atomic E-state index is 0.935. The van der Waals surface area contributed by atoms with E-state index in [1.165, 1.54) is 12.8 Å². The van der Waals surface area contributed by atoms with Crippen molar-refractivity contribution in [2.24, 2.45) is 5.22 Å². The van der Waals surface area contributed by atoms with E-state index in [0.717, 1.165) is 13.1 Å². The average Bonchev–Trinajstić information content (AvgIpc) is 2.19. The molecule has 0 amide bonds. The zero-order valence-corrected chi connectivity index (χ0v) is 4.62. The van der Waals surface area contributed by atoms with E-state index in [0.29, 0.717) is 0 Å². The predicted molar refractivity (Wildman–Crippen MR) is 30.0 cm³/mol. The lowest BCUT2D eigenvalue weighted by atomic mass is 10.4. The molecule has 0 bridgehead atoms. The van der Waals surface area contributed by atoms with Gasteiger partial charge in [-0.3, -0.25) is 0 Å². The van der Waals surface area contributed by atoms with E-state index in [2.05, 4.69) is 10.1 Å². The van der Waals surface area contributed by atoms with Crippen LogP contribution in [0.4, 0.5) is 0 Å². The van der Waals surface area contributed by atoms with Crippen molar-refractivity contribution < 1.29 is 0 Å². The van der Waals surface area contributed by atoms with Gasteiger partial charge in [0, 0.05) is 0 Å². The van der Waals surface area contributed by atoms with Crippen LogP contribution in [0.15, 0.2) is 5.22 Å². The van der Waals surface area contributed by atoms with Gasteiger partial charge in [-0.05, 0) is 18.1 Å². The van der Waals surface area contributed by atoms with E-state index in [-0.39, 0.29) is 0 Å². The molecule has 4 nitrogen and oxygen atoms in total. The summed E-state index contributed by atoms with van der Waals surface area (Å²) < 4.78 is 0. The van der Waals surface area contributed by atoms with Crippen LogP contribution in [0.5, 0.6) is 0 Å². The normalized spacial score (nSPS) is 18.2. The first-order valence-corrected chi connectivity index (χ1v) is 2.73. The van der Waals surface area contributed by atoms with Gasteiger partial charge in [0.1, 0.15) is 0 Å². The summed E-state index contributed by atoms with van der Waals surface area (Å²) >= 11 is 0. The monoisotopic (exact) mass is 112 g/mol. The highest BCUT2D eigenvalue weighted by molar-refractivity contribution is 4.61. The molecule has 8 heavy (non-hydrogen) atoms.